The van der Waals surface area contributed by atoms with Gasteiger partial charge in [-0.05, 0) is 20.2 Å². The third kappa shape index (κ3) is 4.28. The van der Waals surface area contributed by atoms with Crippen LogP contribution in [-0.4, -0.2) is 50.2 Å². The van der Waals surface area contributed by atoms with Crippen molar-refractivity contribution >= 4 is 11.7 Å². The molecule has 1 aromatic rings. The van der Waals surface area contributed by atoms with Crippen molar-refractivity contribution in [3.8, 4) is 5.88 Å². The van der Waals surface area contributed by atoms with Crippen LogP contribution in [-0.2, 0) is 4.74 Å². The summed E-state index contributed by atoms with van der Waals surface area (Å²) in [5.74, 6) is -0.206. The maximum atomic E-state index is 11.3. The van der Waals surface area contributed by atoms with E-state index in [1.807, 2.05) is 19.0 Å². The highest BCUT2D eigenvalue weighted by Crippen LogP contribution is 2.14. The van der Waals surface area contributed by atoms with Gasteiger partial charge in [-0.25, -0.2) is 9.78 Å². The standard InChI is InChI=1S/C11H17N3O3/c1-14(2)4-5-17-10-7-8(12)6-9(13-10)11(15)16-3/h6-7H,4-5H2,1-3H3,(H2,12,13). The summed E-state index contributed by atoms with van der Waals surface area (Å²) in [4.78, 5) is 17.3. The zero-order valence-electron chi connectivity index (χ0n) is 10.3. The molecule has 0 aliphatic rings. The van der Waals surface area contributed by atoms with Gasteiger partial charge in [0.15, 0.2) is 5.69 Å². The van der Waals surface area contributed by atoms with Crippen LogP contribution in [0.1, 0.15) is 10.5 Å². The summed E-state index contributed by atoms with van der Waals surface area (Å²) in [6, 6.07) is 3.02. The molecule has 1 aromatic heterocycles. The first kappa shape index (κ1) is 13.2. The topological polar surface area (TPSA) is 77.7 Å². The molecule has 0 spiro atoms. The minimum absolute atomic E-state index is 0.146. The molecule has 2 N–H and O–H groups in total. The number of nitrogens with two attached hydrogens (primary N) is 1. The van der Waals surface area contributed by atoms with Gasteiger partial charge in [-0.15, -0.1) is 0 Å². The number of rotatable bonds is 5. The maximum Gasteiger partial charge on any atom is 0.356 e. The molecule has 0 atom stereocenters. The van der Waals surface area contributed by atoms with Crippen molar-refractivity contribution in [2.24, 2.45) is 0 Å². The van der Waals surface area contributed by atoms with Crippen molar-refractivity contribution in [1.82, 2.24) is 9.88 Å². The molecule has 1 rings (SSSR count). The Morgan fingerprint density at radius 3 is 2.76 bits per heavy atom. The average molecular weight is 239 g/mol. The van der Waals surface area contributed by atoms with Gasteiger partial charge in [-0.1, -0.05) is 0 Å². The Morgan fingerprint density at radius 2 is 2.18 bits per heavy atom. The number of nitrogen functional groups attached to an aromatic ring is 1. The van der Waals surface area contributed by atoms with Crippen LogP contribution in [0.4, 0.5) is 5.69 Å². The van der Waals surface area contributed by atoms with E-state index in [4.69, 9.17) is 10.5 Å². The highest BCUT2D eigenvalue weighted by atomic mass is 16.5. The molecule has 0 aliphatic heterocycles. The van der Waals surface area contributed by atoms with Gasteiger partial charge >= 0.3 is 5.97 Å². The summed E-state index contributed by atoms with van der Waals surface area (Å²) >= 11 is 0. The van der Waals surface area contributed by atoms with Crippen LogP contribution in [0.2, 0.25) is 0 Å². The second-order valence-electron chi connectivity index (χ2n) is 3.77. The Hall–Kier alpha value is -1.82. The van der Waals surface area contributed by atoms with Gasteiger partial charge in [0.1, 0.15) is 6.61 Å². The van der Waals surface area contributed by atoms with Crippen LogP contribution >= 0.6 is 0 Å². The van der Waals surface area contributed by atoms with E-state index in [2.05, 4.69) is 9.72 Å². The van der Waals surface area contributed by atoms with Crippen LogP contribution in [0, 0.1) is 0 Å². The van der Waals surface area contributed by atoms with Crippen molar-refractivity contribution in [3.05, 3.63) is 17.8 Å². The first-order chi connectivity index (χ1) is 8.02. The monoisotopic (exact) mass is 239 g/mol. The smallest absolute Gasteiger partial charge is 0.356 e. The van der Waals surface area contributed by atoms with Gasteiger partial charge in [0, 0.05) is 18.3 Å². The molecule has 6 nitrogen and oxygen atoms in total. The molecule has 0 amide bonds. The highest BCUT2D eigenvalue weighted by Gasteiger charge is 2.10. The largest absolute Gasteiger partial charge is 0.476 e. The summed E-state index contributed by atoms with van der Waals surface area (Å²) in [6.07, 6.45) is 0. The van der Waals surface area contributed by atoms with E-state index in [0.29, 0.717) is 18.2 Å². The predicted octanol–water partition coefficient (Wildman–Crippen LogP) is 0.391. The predicted molar refractivity (Wildman–Crippen MR) is 64.0 cm³/mol. The molecule has 0 saturated heterocycles. The molecule has 0 radical (unpaired) electrons. The molecule has 6 heteroatoms. The highest BCUT2D eigenvalue weighted by molar-refractivity contribution is 5.88. The molecule has 1 heterocycles. The number of anilines is 1. The Labute approximate surface area is 100 Å². The Morgan fingerprint density at radius 1 is 1.47 bits per heavy atom. The first-order valence-corrected chi connectivity index (χ1v) is 5.16. The van der Waals surface area contributed by atoms with Gasteiger partial charge in [0.25, 0.3) is 0 Å². The number of carbonyl (C=O) groups excluding carboxylic acids is 1. The van der Waals surface area contributed by atoms with Crippen LogP contribution in [0.3, 0.4) is 0 Å². The van der Waals surface area contributed by atoms with Gasteiger partial charge in [0.05, 0.1) is 7.11 Å². The minimum atomic E-state index is -0.533. The summed E-state index contributed by atoms with van der Waals surface area (Å²) in [5, 5.41) is 0. The number of pyridine rings is 1. The number of ether oxygens (including phenoxy) is 2. The Balaban J connectivity index is 2.72. The third-order valence-electron chi connectivity index (χ3n) is 2.01. The number of aromatic nitrogens is 1. The van der Waals surface area contributed by atoms with Gasteiger partial charge in [-0.2, -0.15) is 0 Å². The fourth-order valence-corrected chi connectivity index (χ4v) is 1.14. The van der Waals surface area contributed by atoms with Crippen molar-refractivity contribution in [2.45, 2.75) is 0 Å². The van der Waals surface area contributed by atoms with Crippen LogP contribution in [0.5, 0.6) is 5.88 Å². The van der Waals surface area contributed by atoms with Crippen LogP contribution < -0.4 is 10.5 Å². The van der Waals surface area contributed by atoms with E-state index in [1.165, 1.54) is 13.2 Å². The number of esters is 1. The SMILES string of the molecule is COC(=O)c1cc(N)cc(OCCN(C)C)n1. The van der Waals surface area contributed by atoms with Crippen molar-refractivity contribution < 1.29 is 14.3 Å². The van der Waals surface area contributed by atoms with Crippen molar-refractivity contribution in [2.75, 3.05) is 40.1 Å². The summed E-state index contributed by atoms with van der Waals surface area (Å²) in [6.45, 7) is 1.23. The van der Waals surface area contributed by atoms with Crippen molar-refractivity contribution in [3.63, 3.8) is 0 Å². The normalized spacial score (nSPS) is 10.4. The number of hydrogen-bond acceptors (Lipinski definition) is 6. The van der Waals surface area contributed by atoms with Gasteiger partial charge in [0.2, 0.25) is 5.88 Å². The van der Waals surface area contributed by atoms with Gasteiger partial charge < -0.3 is 20.1 Å². The average Bonchev–Trinajstić information content (AvgIpc) is 2.26. The molecule has 0 bridgehead atoms. The maximum absolute atomic E-state index is 11.3. The molecule has 0 aliphatic carbocycles. The Kier molecular flexibility index (Phi) is 4.71. The van der Waals surface area contributed by atoms with E-state index < -0.39 is 5.97 Å². The van der Waals surface area contributed by atoms with E-state index in [1.54, 1.807) is 6.07 Å². The quantitative estimate of drug-likeness (QED) is 0.749. The minimum Gasteiger partial charge on any atom is -0.476 e. The second-order valence-corrected chi connectivity index (χ2v) is 3.77. The molecular formula is C11H17N3O3. The van der Waals surface area contributed by atoms with Crippen LogP contribution in [0.25, 0.3) is 0 Å². The molecule has 0 unspecified atom stereocenters. The van der Waals surface area contributed by atoms with Crippen LogP contribution in [0.15, 0.2) is 12.1 Å². The summed E-state index contributed by atoms with van der Waals surface area (Å²) in [5.41, 5.74) is 6.21. The van der Waals surface area contributed by atoms with Gasteiger partial charge in [-0.3, -0.25) is 0 Å². The lowest BCUT2D eigenvalue weighted by Crippen LogP contribution is -2.20. The van der Waals surface area contributed by atoms with E-state index in [0.717, 1.165) is 6.54 Å². The van der Waals surface area contributed by atoms with E-state index in [9.17, 15) is 4.79 Å². The molecule has 0 fully saturated rings. The molecule has 0 saturated carbocycles. The number of nitrogens with zero attached hydrogens (tertiary/aromatic N) is 2. The summed E-state index contributed by atoms with van der Waals surface area (Å²) < 4.78 is 9.96. The molecule has 0 aromatic carbocycles. The zero-order chi connectivity index (χ0) is 12.8. The fraction of sp³-hybridized carbons (Fsp3) is 0.455. The number of carbonyl (C=O) groups is 1. The zero-order valence-corrected chi connectivity index (χ0v) is 10.3. The fourth-order valence-electron chi connectivity index (χ4n) is 1.14. The van der Waals surface area contributed by atoms with E-state index >= 15 is 0 Å². The lowest BCUT2D eigenvalue weighted by Gasteiger charge is -2.11. The Bertz CT molecular complexity index is 394. The third-order valence-corrected chi connectivity index (χ3v) is 2.01. The first-order valence-electron chi connectivity index (χ1n) is 5.16. The molecule has 94 valence electrons. The molecule has 17 heavy (non-hydrogen) atoms. The second kappa shape index (κ2) is 6.05. The lowest BCUT2D eigenvalue weighted by molar-refractivity contribution is 0.0592. The lowest BCUT2D eigenvalue weighted by atomic mass is 10.3. The number of methoxy groups -OCH3 is 1. The van der Waals surface area contributed by atoms with Crippen molar-refractivity contribution in [1.29, 1.82) is 0 Å². The summed E-state index contributed by atoms with van der Waals surface area (Å²) in [7, 11) is 5.17. The van der Waals surface area contributed by atoms with E-state index in [-0.39, 0.29) is 5.69 Å². The molecular weight excluding hydrogens is 222 g/mol. The number of likely N-dealkylation sites (N-methyl/N-ethyl adjacent to an activating group) is 1. The number of hydrogen-bond donors (Lipinski definition) is 1.